The third kappa shape index (κ3) is 6.64. The topological polar surface area (TPSA) is 70.6 Å². The molecule has 1 amide bonds. The molecule has 2 rings (SSSR count). The molecule has 6 heteroatoms. The molecule has 0 aromatic heterocycles. The fraction of sp³-hybridized carbons (Fsp3) is 0.562. The predicted molar refractivity (Wildman–Crippen MR) is 88.3 cm³/mol. The first-order chi connectivity index (χ1) is 10.3. The van der Waals surface area contributed by atoms with Gasteiger partial charge in [0.2, 0.25) is 5.91 Å². The summed E-state index contributed by atoms with van der Waals surface area (Å²) < 4.78 is 5.29. The number of aliphatic hydroxyl groups is 1. The Morgan fingerprint density at radius 2 is 2.14 bits per heavy atom. The molecule has 1 heterocycles. The molecule has 0 bridgehead atoms. The Morgan fingerprint density at radius 3 is 2.77 bits per heavy atom. The van der Waals surface area contributed by atoms with E-state index in [0.717, 1.165) is 30.8 Å². The van der Waals surface area contributed by atoms with Gasteiger partial charge in [0.25, 0.3) is 0 Å². The largest absolute Gasteiger partial charge is 0.491 e. The molecule has 0 aliphatic carbocycles. The lowest BCUT2D eigenvalue weighted by Gasteiger charge is -2.09. The monoisotopic (exact) mass is 328 g/mol. The van der Waals surface area contributed by atoms with Crippen LogP contribution in [0.3, 0.4) is 0 Å². The molecule has 5 nitrogen and oxygen atoms in total. The van der Waals surface area contributed by atoms with Gasteiger partial charge in [-0.1, -0.05) is 12.1 Å². The first-order valence-corrected chi connectivity index (χ1v) is 7.58. The molecule has 0 radical (unpaired) electrons. The summed E-state index contributed by atoms with van der Waals surface area (Å²) in [6.45, 7) is 2.97. The lowest BCUT2D eigenvalue weighted by atomic mass is 10.0. The van der Waals surface area contributed by atoms with Crippen LogP contribution in [0.4, 0.5) is 0 Å². The van der Waals surface area contributed by atoms with Crippen molar-refractivity contribution in [2.45, 2.75) is 25.8 Å². The number of hydrogen-bond acceptors (Lipinski definition) is 4. The average Bonchev–Trinajstić information content (AvgIpc) is 3.03. The number of amides is 1. The van der Waals surface area contributed by atoms with Crippen LogP contribution in [0.1, 0.15) is 24.8 Å². The summed E-state index contributed by atoms with van der Waals surface area (Å²) in [6, 6.07) is 7.55. The van der Waals surface area contributed by atoms with E-state index >= 15 is 0 Å². The van der Waals surface area contributed by atoms with Crippen LogP contribution < -0.4 is 15.4 Å². The van der Waals surface area contributed by atoms with E-state index in [1.165, 1.54) is 6.42 Å². The number of nitrogens with one attached hydrogen (secondary N) is 2. The van der Waals surface area contributed by atoms with E-state index in [2.05, 4.69) is 10.6 Å². The van der Waals surface area contributed by atoms with Crippen LogP contribution in [0.2, 0.25) is 0 Å². The highest BCUT2D eigenvalue weighted by Gasteiger charge is 2.15. The number of ether oxygens (including phenoxy) is 1. The summed E-state index contributed by atoms with van der Waals surface area (Å²) in [4.78, 5) is 11.8. The predicted octanol–water partition coefficient (Wildman–Crippen LogP) is 1.49. The van der Waals surface area contributed by atoms with Crippen molar-refractivity contribution in [3.8, 4) is 5.75 Å². The molecule has 0 spiro atoms. The molecular weight excluding hydrogens is 304 g/mol. The minimum absolute atomic E-state index is 0. The van der Waals surface area contributed by atoms with Crippen LogP contribution in [-0.2, 0) is 11.3 Å². The Kier molecular flexibility index (Phi) is 8.89. The standard InChI is InChI=1S/C16H24N2O3.ClH/c19-9-10-21-15-4-1-13(2-5-15)12-18-16(20)6-3-14-7-8-17-11-14;/h1-2,4-5,14,17,19H,3,6-12H2,(H,18,20);1H. The second-order valence-corrected chi connectivity index (χ2v) is 5.39. The van der Waals surface area contributed by atoms with Crippen molar-refractivity contribution >= 4 is 18.3 Å². The summed E-state index contributed by atoms with van der Waals surface area (Å²) in [5.74, 6) is 1.49. The van der Waals surface area contributed by atoms with Gasteiger partial charge in [0.05, 0.1) is 6.61 Å². The number of benzene rings is 1. The number of carbonyl (C=O) groups excluding carboxylic acids is 1. The van der Waals surface area contributed by atoms with Crippen molar-refractivity contribution in [1.29, 1.82) is 0 Å². The molecule has 1 unspecified atom stereocenters. The van der Waals surface area contributed by atoms with Crippen molar-refractivity contribution in [2.24, 2.45) is 5.92 Å². The minimum atomic E-state index is 0. The van der Waals surface area contributed by atoms with Crippen molar-refractivity contribution < 1.29 is 14.6 Å². The van der Waals surface area contributed by atoms with Gasteiger partial charge in [0.15, 0.2) is 0 Å². The van der Waals surface area contributed by atoms with Crippen molar-refractivity contribution in [2.75, 3.05) is 26.3 Å². The van der Waals surface area contributed by atoms with Crippen molar-refractivity contribution in [1.82, 2.24) is 10.6 Å². The molecule has 0 saturated carbocycles. The Bertz CT molecular complexity index is 434. The molecule has 1 saturated heterocycles. The van der Waals surface area contributed by atoms with Gasteiger partial charge in [-0.3, -0.25) is 4.79 Å². The summed E-state index contributed by atoms with van der Waals surface area (Å²) in [6.07, 6.45) is 2.75. The van der Waals surface area contributed by atoms with Crippen LogP contribution in [0.15, 0.2) is 24.3 Å². The number of aliphatic hydroxyl groups excluding tert-OH is 1. The van der Waals surface area contributed by atoms with E-state index in [-0.39, 0.29) is 24.9 Å². The summed E-state index contributed by atoms with van der Waals surface area (Å²) in [5, 5.41) is 14.9. The van der Waals surface area contributed by atoms with Crippen molar-refractivity contribution in [3.05, 3.63) is 29.8 Å². The molecule has 1 aromatic rings. The quantitative estimate of drug-likeness (QED) is 0.676. The fourth-order valence-electron chi connectivity index (χ4n) is 2.45. The van der Waals surface area contributed by atoms with E-state index < -0.39 is 0 Å². The van der Waals surface area contributed by atoms with Gasteiger partial charge in [-0.2, -0.15) is 0 Å². The lowest BCUT2D eigenvalue weighted by Crippen LogP contribution is -2.23. The maximum atomic E-state index is 11.8. The smallest absolute Gasteiger partial charge is 0.220 e. The van der Waals surface area contributed by atoms with Gasteiger partial charge in [0.1, 0.15) is 12.4 Å². The maximum Gasteiger partial charge on any atom is 0.220 e. The van der Waals surface area contributed by atoms with E-state index in [1.807, 2.05) is 24.3 Å². The molecule has 1 aliphatic rings. The maximum absolute atomic E-state index is 11.8. The van der Waals surface area contributed by atoms with E-state index in [9.17, 15) is 4.79 Å². The summed E-state index contributed by atoms with van der Waals surface area (Å²) in [5.41, 5.74) is 1.04. The third-order valence-electron chi connectivity index (χ3n) is 3.72. The Morgan fingerprint density at radius 1 is 1.36 bits per heavy atom. The molecule has 1 aromatic carbocycles. The number of rotatable bonds is 8. The summed E-state index contributed by atoms with van der Waals surface area (Å²) in [7, 11) is 0. The van der Waals surface area contributed by atoms with Crippen LogP contribution in [0, 0.1) is 5.92 Å². The minimum Gasteiger partial charge on any atom is -0.491 e. The first-order valence-electron chi connectivity index (χ1n) is 7.58. The van der Waals surface area contributed by atoms with Gasteiger partial charge in [0, 0.05) is 13.0 Å². The summed E-state index contributed by atoms with van der Waals surface area (Å²) >= 11 is 0. The van der Waals surface area contributed by atoms with Gasteiger partial charge >= 0.3 is 0 Å². The van der Waals surface area contributed by atoms with Crippen molar-refractivity contribution in [3.63, 3.8) is 0 Å². The zero-order valence-corrected chi connectivity index (χ0v) is 13.5. The normalized spacial score (nSPS) is 16.9. The molecule has 3 N–H and O–H groups in total. The van der Waals surface area contributed by atoms with Crippen LogP contribution in [0.25, 0.3) is 0 Å². The highest BCUT2D eigenvalue weighted by molar-refractivity contribution is 5.85. The second-order valence-electron chi connectivity index (χ2n) is 5.39. The van der Waals surface area contributed by atoms with Crippen LogP contribution >= 0.6 is 12.4 Å². The van der Waals surface area contributed by atoms with Gasteiger partial charge < -0.3 is 20.5 Å². The zero-order chi connectivity index (χ0) is 14.9. The number of carbonyl (C=O) groups is 1. The Balaban J connectivity index is 0.00000242. The zero-order valence-electron chi connectivity index (χ0n) is 12.7. The highest BCUT2D eigenvalue weighted by Crippen LogP contribution is 2.14. The lowest BCUT2D eigenvalue weighted by molar-refractivity contribution is -0.121. The Hall–Kier alpha value is -1.30. The van der Waals surface area contributed by atoms with E-state index in [0.29, 0.717) is 25.5 Å². The molecule has 124 valence electrons. The third-order valence-corrected chi connectivity index (χ3v) is 3.72. The Labute approximate surface area is 137 Å². The van der Waals surface area contributed by atoms with Gasteiger partial charge in [-0.05, 0) is 49.5 Å². The van der Waals surface area contributed by atoms with E-state index in [1.54, 1.807) is 0 Å². The number of hydrogen-bond donors (Lipinski definition) is 3. The molecule has 1 atom stereocenters. The van der Waals surface area contributed by atoms with Gasteiger partial charge in [-0.15, -0.1) is 12.4 Å². The van der Waals surface area contributed by atoms with Gasteiger partial charge in [-0.25, -0.2) is 0 Å². The SMILES string of the molecule is Cl.O=C(CCC1CCNC1)NCc1ccc(OCCO)cc1. The average molecular weight is 329 g/mol. The fourth-order valence-corrected chi connectivity index (χ4v) is 2.45. The second kappa shape index (κ2) is 10.4. The highest BCUT2D eigenvalue weighted by atomic mass is 35.5. The first kappa shape index (κ1) is 18.7. The van der Waals surface area contributed by atoms with Crippen LogP contribution in [-0.4, -0.2) is 37.3 Å². The molecular formula is C16H25ClN2O3. The molecule has 1 fully saturated rings. The number of halogens is 1. The molecule has 1 aliphatic heterocycles. The van der Waals surface area contributed by atoms with Crippen LogP contribution in [0.5, 0.6) is 5.75 Å². The molecule has 22 heavy (non-hydrogen) atoms. The van der Waals surface area contributed by atoms with E-state index in [4.69, 9.17) is 9.84 Å².